The topological polar surface area (TPSA) is 382 Å². The van der Waals surface area contributed by atoms with Gasteiger partial charge in [0.2, 0.25) is 11.0 Å². The second-order valence-electron chi connectivity index (χ2n) is 27.4. The largest absolute Gasteiger partial charge is 0.497 e. The van der Waals surface area contributed by atoms with Crippen molar-refractivity contribution < 1.29 is 38.1 Å². The number of anilines is 1. The Morgan fingerprint density at radius 1 is 0.391 bits per heavy atom. The summed E-state index contributed by atoms with van der Waals surface area (Å²) < 4.78 is 28.7. The molecule has 0 aliphatic carbocycles. The number of Topliss-reactive ketones (excluding diaryl/α,β-unsaturated/α-hetero) is 3. The molecule has 16 aromatic rings. The molecule has 41 heteroatoms. The maximum atomic E-state index is 12.7. The smallest absolute Gasteiger partial charge is 0.236 e. The number of amides is 1. The lowest BCUT2D eigenvalue weighted by Crippen LogP contribution is -2.14. The first kappa shape index (κ1) is 93.7. The van der Waals surface area contributed by atoms with Gasteiger partial charge in [0.15, 0.2) is 43.9 Å². The van der Waals surface area contributed by atoms with Crippen LogP contribution in [0.2, 0.25) is 5.02 Å². The summed E-state index contributed by atoms with van der Waals surface area (Å²) in [6.45, 7) is 11.9. The van der Waals surface area contributed by atoms with Crippen molar-refractivity contribution in [1.29, 1.82) is 0 Å². The fourth-order valence-electron chi connectivity index (χ4n) is 12.2. The summed E-state index contributed by atoms with van der Waals surface area (Å²) in [5, 5.41) is 79.9. The third-order valence-corrected chi connectivity index (χ3v) is 26.6. The fourth-order valence-corrected chi connectivity index (χ4v) is 19.3. The number of ether oxygens (including phenoxy) is 4. The van der Waals surface area contributed by atoms with E-state index in [0.717, 1.165) is 116 Å². The Balaban J connectivity index is 0.000000146. The molecule has 1 N–H and O–H groups in total. The molecule has 5 aromatic carbocycles. The van der Waals surface area contributed by atoms with Gasteiger partial charge in [0.05, 0.1) is 69.6 Å². The Hall–Kier alpha value is -12.0. The van der Waals surface area contributed by atoms with Crippen molar-refractivity contribution in [2.75, 3.05) is 70.0 Å². The van der Waals surface area contributed by atoms with Gasteiger partial charge in [0, 0.05) is 115 Å². The van der Waals surface area contributed by atoms with Gasteiger partial charge < -0.3 is 32.6 Å². The van der Waals surface area contributed by atoms with Crippen LogP contribution in [0.15, 0.2) is 215 Å². The van der Waals surface area contributed by atoms with Crippen molar-refractivity contribution in [1.82, 2.24) is 115 Å². The molecular formula is C87H85ClN24O8S8. The van der Waals surface area contributed by atoms with E-state index < -0.39 is 0 Å². The minimum Gasteiger partial charge on any atom is -0.497 e. The Morgan fingerprint density at radius 3 is 1.29 bits per heavy atom. The van der Waals surface area contributed by atoms with Crippen LogP contribution in [-0.2, 0) is 74.1 Å². The van der Waals surface area contributed by atoms with E-state index in [4.69, 9.17) is 30.5 Å². The van der Waals surface area contributed by atoms with Crippen LogP contribution in [-0.4, -0.2) is 203 Å². The number of nitrogens with zero attached hydrogens (tertiary/aromatic N) is 23. The molecule has 0 spiro atoms. The molecule has 11 aromatic heterocycles. The van der Waals surface area contributed by atoms with Crippen molar-refractivity contribution >= 4 is 132 Å². The molecule has 0 bridgehead atoms. The third kappa shape index (κ3) is 25.9. The molecule has 0 aliphatic rings. The van der Waals surface area contributed by atoms with E-state index in [9.17, 15) is 19.2 Å². The molecule has 0 unspecified atom stereocenters. The van der Waals surface area contributed by atoms with Crippen LogP contribution >= 0.6 is 104 Å². The number of ketones is 3. The van der Waals surface area contributed by atoms with Crippen LogP contribution in [0.5, 0.6) is 11.5 Å². The predicted octanol–water partition coefficient (Wildman–Crippen LogP) is 16.5. The quantitative estimate of drug-likeness (QED) is 0.0277. The maximum absolute atomic E-state index is 12.7. The molecule has 0 atom stereocenters. The summed E-state index contributed by atoms with van der Waals surface area (Å²) in [6.07, 6.45) is 10.2. The van der Waals surface area contributed by atoms with E-state index in [1.54, 1.807) is 59.4 Å². The number of aromatic nitrogens is 23. The number of carbonyl (C=O) groups excluding carboxylic acids is 4. The molecule has 0 radical (unpaired) electrons. The highest BCUT2D eigenvalue weighted by atomic mass is 35.5. The average Bonchev–Trinajstić information content (AvgIpc) is 1.69. The van der Waals surface area contributed by atoms with Gasteiger partial charge in [-0.1, -0.05) is 171 Å². The molecule has 16 rings (SSSR count). The van der Waals surface area contributed by atoms with Crippen molar-refractivity contribution in [3.8, 4) is 99.5 Å². The van der Waals surface area contributed by atoms with Crippen LogP contribution < -0.4 is 14.8 Å². The number of hydrogen-bond acceptors (Lipinski definition) is 35. The van der Waals surface area contributed by atoms with E-state index in [2.05, 4.69) is 102 Å². The summed E-state index contributed by atoms with van der Waals surface area (Å²) in [6, 6.07) is 51.9. The summed E-state index contributed by atoms with van der Waals surface area (Å²) in [5.74, 6) is 5.49. The van der Waals surface area contributed by atoms with Crippen molar-refractivity contribution in [2.24, 2.45) is 0 Å². The van der Waals surface area contributed by atoms with E-state index in [-0.39, 0.29) is 65.5 Å². The average molecular weight is 1890 g/mol. The maximum Gasteiger partial charge on any atom is 0.236 e. The summed E-state index contributed by atoms with van der Waals surface area (Å²) >= 11 is 17.2. The van der Waals surface area contributed by atoms with Crippen LogP contribution in [0.25, 0.3) is 88.0 Å². The number of aryl methyl sites for hydroxylation is 2. The van der Waals surface area contributed by atoms with Crippen LogP contribution in [0.3, 0.4) is 0 Å². The summed E-state index contributed by atoms with van der Waals surface area (Å²) in [5.41, 5.74) is 9.72. The van der Waals surface area contributed by atoms with E-state index in [1.807, 2.05) is 210 Å². The number of carbonyl (C=O) groups is 4. The molecule has 128 heavy (non-hydrogen) atoms. The molecule has 0 saturated carbocycles. The van der Waals surface area contributed by atoms with Gasteiger partial charge in [0.25, 0.3) is 0 Å². The zero-order valence-electron chi connectivity index (χ0n) is 70.6. The zero-order chi connectivity index (χ0) is 89.5. The molecular weight excluding hydrogens is 1800 g/mol. The summed E-state index contributed by atoms with van der Waals surface area (Å²) in [7, 11) is 6.58. The number of nitrogens with one attached hydrogen (secondary N) is 1. The highest BCUT2D eigenvalue weighted by Gasteiger charge is 2.24. The standard InChI is InChI=1S/C23H24N6O2S2.C22H20ClN5O2S2.C22H22N6O2S2.C20H19N7O2S2/c1-16-6-3-4-7-19(16)22-27-25-20(33-22)14-18(30)15-32-23-28-26-21(17-8-10-24-11-9-17)29(23)12-5-13-31-2;1-3-28-20(15-5-4-6-16(23)11-15)25-27-22(28)31-13-17(29)12-19-24-26-21(32-19)14-7-9-18(30-2)10-8-14;1-15-5-3-4-6-18(15)21-26-24-19(32-21)13-17(29)14-31-22-27-25-20(28(22)11-12-30-2)16-7-9-23-10-8-16;1-3-27-17(15-6-4-5-11-21-15)23-26-20(27)30-12-16(28)22-19-25-24-18(31-19)13-7-9-14(29-2)10-8-13/h3-4,6-11H,5,12-15H2,1-2H3;4-11H,3,12-13H2,1-2H3;3-10H,11-14H2,1-2H3;4-11H,3,12H2,1-2H3,(H,22,25,28). The predicted molar refractivity (Wildman–Crippen MR) is 502 cm³/mol. The second-order valence-corrected chi connectivity index (χ2v) is 35.8. The molecule has 32 nitrogen and oxygen atoms in total. The van der Waals surface area contributed by atoms with Crippen LogP contribution in [0, 0.1) is 13.8 Å². The van der Waals surface area contributed by atoms with Gasteiger partial charge >= 0.3 is 0 Å². The number of halogens is 1. The Morgan fingerprint density at radius 2 is 0.820 bits per heavy atom. The van der Waals surface area contributed by atoms with Gasteiger partial charge in [0.1, 0.15) is 69.6 Å². The zero-order valence-corrected chi connectivity index (χ0v) is 77.9. The monoisotopic (exact) mass is 1880 g/mol. The normalized spacial score (nSPS) is 11.0. The first-order valence-corrected chi connectivity index (χ1v) is 47.4. The highest BCUT2D eigenvalue weighted by Crippen LogP contribution is 2.35. The van der Waals surface area contributed by atoms with E-state index in [0.29, 0.717) is 86.0 Å². The second kappa shape index (κ2) is 47.7. The molecule has 1 amide bonds. The lowest BCUT2D eigenvalue weighted by molar-refractivity contribution is -0.116. The molecule has 0 aliphatic heterocycles. The number of hydrogen-bond donors (Lipinski definition) is 1. The van der Waals surface area contributed by atoms with Crippen LogP contribution in [0.4, 0.5) is 5.13 Å². The van der Waals surface area contributed by atoms with Crippen molar-refractivity contribution in [3.63, 3.8) is 0 Å². The van der Waals surface area contributed by atoms with Gasteiger partial charge in [-0.15, -0.1) is 81.6 Å². The number of pyridine rings is 3. The SMILES string of the molecule is CCn1c(SCC(=O)Cc2nnc(-c3ccc(OC)cc3)s2)nnc1-c1cccc(Cl)c1.CCn1c(SCC(=O)Nc2nnc(-c3ccc(OC)cc3)s2)nnc1-c1ccccn1.COCCCn1c(SCC(=O)Cc2nnc(-c3ccccc3C)s2)nnc1-c1ccncc1.COCCn1c(SCC(=O)Cc2nnc(-c3ccccc3C)s2)nnc1-c1ccncc1. The molecule has 656 valence electrons. The molecule has 0 saturated heterocycles. The van der Waals surface area contributed by atoms with Gasteiger partial charge in [-0.05, 0) is 142 Å². The first-order valence-electron chi connectivity index (χ1n) is 39.8. The third-order valence-electron chi connectivity index (χ3n) is 18.6. The van der Waals surface area contributed by atoms with Crippen molar-refractivity contribution in [3.05, 3.63) is 226 Å². The molecule has 11 heterocycles. The number of benzene rings is 5. The number of rotatable bonds is 38. The number of methoxy groups -OCH3 is 4. The minimum atomic E-state index is -0.188. The summed E-state index contributed by atoms with van der Waals surface area (Å²) in [4.78, 5) is 62.7. The van der Waals surface area contributed by atoms with Crippen LogP contribution in [0.1, 0.15) is 46.4 Å². The van der Waals surface area contributed by atoms with Gasteiger partial charge in [-0.25, -0.2) is 0 Å². The first-order chi connectivity index (χ1) is 62.5. The fraction of sp³-hybridized carbons (Fsp3) is 0.253. The Labute approximate surface area is 774 Å². The lowest BCUT2D eigenvalue weighted by Gasteiger charge is -2.09. The van der Waals surface area contributed by atoms with Gasteiger partial charge in [-0.3, -0.25) is 44.0 Å². The Kier molecular flexibility index (Phi) is 34.9. The lowest BCUT2D eigenvalue weighted by atomic mass is 10.1. The number of thioether (sulfide) groups is 4. The Bertz CT molecular complexity index is 6290. The van der Waals surface area contributed by atoms with E-state index in [1.165, 1.54) is 92.4 Å². The molecule has 0 fully saturated rings. The van der Waals surface area contributed by atoms with E-state index >= 15 is 0 Å². The van der Waals surface area contributed by atoms with Gasteiger partial charge in [-0.2, -0.15) is 0 Å². The minimum absolute atomic E-state index is 0.0578. The van der Waals surface area contributed by atoms with Crippen molar-refractivity contribution in [2.45, 2.75) is 100 Å². The highest BCUT2D eigenvalue weighted by molar-refractivity contribution is 8.00.